The molecule has 6 nitrogen and oxygen atoms in total. The van der Waals surface area contributed by atoms with Gasteiger partial charge < -0.3 is 11.1 Å². The zero-order valence-electron chi connectivity index (χ0n) is 11.9. The molecule has 1 aromatic carbocycles. The fraction of sp³-hybridized carbons (Fsp3) is 0.462. The fourth-order valence-electron chi connectivity index (χ4n) is 2.40. The van der Waals surface area contributed by atoms with Crippen LogP contribution in [0.5, 0.6) is 0 Å². The van der Waals surface area contributed by atoms with Crippen molar-refractivity contribution in [3.05, 3.63) is 29.6 Å². The van der Waals surface area contributed by atoms with Crippen molar-refractivity contribution in [2.24, 2.45) is 5.73 Å². The van der Waals surface area contributed by atoms with Crippen LogP contribution in [0.3, 0.4) is 0 Å². The van der Waals surface area contributed by atoms with Crippen LogP contribution in [-0.4, -0.2) is 37.3 Å². The van der Waals surface area contributed by atoms with Crippen LogP contribution in [0.15, 0.2) is 23.1 Å². The second-order valence-corrected chi connectivity index (χ2v) is 7.14. The number of nitrogens with one attached hydrogen (secondary N) is 1. The minimum Gasteiger partial charge on any atom is -0.353 e. The third kappa shape index (κ3) is 2.54. The number of rotatable bonds is 3. The summed E-state index contributed by atoms with van der Waals surface area (Å²) in [6.07, 6.45) is 0. The molecule has 1 fully saturated rings. The summed E-state index contributed by atoms with van der Waals surface area (Å²) in [5.41, 5.74) is 4.16. The molecule has 0 spiro atoms. The predicted molar refractivity (Wildman–Crippen MR) is 75.3 cm³/mol. The van der Waals surface area contributed by atoms with Crippen molar-refractivity contribution in [2.45, 2.75) is 30.8 Å². The van der Waals surface area contributed by atoms with E-state index in [1.807, 2.05) is 0 Å². The molecule has 1 aromatic rings. The summed E-state index contributed by atoms with van der Waals surface area (Å²) in [7, 11) is -4.02. The second-order valence-electron chi connectivity index (χ2n) is 5.31. The maximum absolute atomic E-state index is 13.8. The Morgan fingerprint density at radius 1 is 1.43 bits per heavy atom. The predicted octanol–water partition coefficient (Wildman–Crippen LogP) is 0.184. The first-order valence-electron chi connectivity index (χ1n) is 6.51. The van der Waals surface area contributed by atoms with Crippen LogP contribution in [0.2, 0.25) is 0 Å². The Labute approximate surface area is 123 Å². The number of carbonyl (C=O) groups excluding carboxylic acids is 1. The van der Waals surface area contributed by atoms with Crippen LogP contribution in [0.25, 0.3) is 0 Å². The summed E-state index contributed by atoms with van der Waals surface area (Å²) in [4.78, 5) is 11.7. The molecule has 1 amide bonds. The van der Waals surface area contributed by atoms with Crippen molar-refractivity contribution in [1.82, 2.24) is 9.62 Å². The molecule has 0 aromatic heterocycles. The number of carbonyl (C=O) groups is 1. The molecule has 3 N–H and O–H groups in total. The van der Waals surface area contributed by atoms with Gasteiger partial charge in [-0.2, -0.15) is 4.31 Å². The number of sulfonamides is 1. The van der Waals surface area contributed by atoms with E-state index in [2.05, 4.69) is 5.32 Å². The summed E-state index contributed by atoms with van der Waals surface area (Å²) < 4.78 is 40.5. The van der Waals surface area contributed by atoms with Crippen LogP contribution >= 0.6 is 0 Å². The molecule has 1 saturated heterocycles. The van der Waals surface area contributed by atoms with Gasteiger partial charge in [-0.05, 0) is 26.0 Å². The number of amides is 1. The highest BCUT2D eigenvalue weighted by atomic mass is 32.2. The lowest BCUT2D eigenvalue weighted by molar-refractivity contribution is -0.131. The van der Waals surface area contributed by atoms with Gasteiger partial charge in [0.05, 0.1) is 4.90 Å². The molecule has 0 radical (unpaired) electrons. The normalized spacial score (nSPS) is 19.3. The van der Waals surface area contributed by atoms with E-state index >= 15 is 0 Å². The molecule has 116 valence electrons. The average Bonchev–Trinajstić information content (AvgIpc) is 2.41. The first kappa shape index (κ1) is 15.9. The molecule has 21 heavy (non-hydrogen) atoms. The first-order chi connectivity index (χ1) is 9.72. The Hall–Kier alpha value is -1.51. The largest absolute Gasteiger partial charge is 0.353 e. The van der Waals surface area contributed by atoms with Crippen LogP contribution in [-0.2, 0) is 21.4 Å². The molecular weight excluding hydrogens is 297 g/mol. The Kier molecular flexibility index (Phi) is 4.05. The molecule has 0 bridgehead atoms. The van der Waals surface area contributed by atoms with Crippen LogP contribution in [0.1, 0.15) is 19.4 Å². The van der Waals surface area contributed by atoms with Gasteiger partial charge in [-0.3, -0.25) is 4.79 Å². The van der Waals surface area contributed by atoms with Gasteiger partial charge in [-0.15, -0.1) is 0 Å². The summed E-state index contributed by atoms with van der Waals surface area (Å²) >= 11 is 0. The number of piperazine rings is 1. The number of nitrogens with zero attached hydrogens (tertiary/aromatic N) is 1. The Bertz CT molecular complexity index is 673. The maximum atomic E-state index is 13.8. The molecule has 1 aliphatic heterocycles. The van der Waals surface area contributed by atoms with Gasteiger partial charge in [-0.25, -0.2) is 12.8 Å². The van der Waals surface area contributed by atoms with Gasteiger partial charge in [-0.1, -0.05) is 6.07 Å². The van der Waals surface area contributed by atoms with Crippen LogP contribution < -0.4 is 11.1 Å². The molecule has 0 saturated carbocycles. The quantitative estimate of drug-likeness (QED) is 0.832. The summed E-state index contributed by atoms with van der Waals surface area (Å²) in [5.74, 6) is -1.05. The Balaban J connectivity index is 2.57. The van der Waals surface area contributed by atoms with Gasteiger partial charge in [0.25, 0.3) is 0 Å². The number of hydrogen-bond donors (Lipinski definition) is 2. The topological polar surface area (TPSA) is 92.5 Å². The van der Waals surface area contributed by atoms with Gasteiger partial charge >= 0.3 is 0 Å². The zero-order valence-corrected chi connectivity index (χ0v) is 12.7. The molecule has 2 rings (SSSR count). The average molecular weight is 315 g/mol. The van der Waals surface area contributed by atoms with Crippen molar-refractivity contribution in [3.63, 3.8) is 0 Å². The van der Waals surface area contributed by atoms with Crippen molar-refractivity contribution in [3.8, 4) is 0 Å². The number of hydrogen-bond acceptors (Lipinski definition) is 4. The highest BCUT2D eigenvalue weighted by Crippen LogP contribution is 2.29. The third-order valence-electron chi connectivity index (χ3n) is 3.63. The lowest BCUT2D eigenvalue weighted by atomic mass is 10.0. The molecule has 0 unspecified atom stereocenters. The molecule has 0 atom stereocenters. The van der Waals surface area contributed by atoms with E-state index < -0.39 is 21.4 Å². The van der Waals surface area contributed by atoms with Crippen molar-refractivity contribution in [1.29, 1.82) is 0 Å². The summed E-state index contributed by atoms with van der Waals surface area (Å²) in [6, 6.07) is 3.79. The fourth-order valence-corrected chi connectivity index (χ4v) is 4.39. The SMILES string of the molecule is CC1(C)C(=O)NCCN1S(=O)(=O)c1cccc(F)c1CN. The maximum Gasteiger partial charge on any atom is 0.244 e. The smallest absolute Gasteiger partial charge is 0.244 e. The van der Waals surface area contributed by atoms with E-state index in [9.17, 15) is 17.6 Å². The lowest BCUT2D eigenvalue weighted by Gasteiger charge is -2.40. The monoisotopic (exact) mass is 315 g/mol. The second kappa shape index (κ2) is 5.36. The third-order valence-corrected chi connectivity index (χ3v) is 5.79. The van der Waals surface area contributed by atoms with Crippen molar-refractivity contribution in [2.75, 3.05) is 13.1 Å². The summed E-state index contributed by atoms with van der Waals surface area (Å²) in [6.45, 7) is 3.14. The molecule has 8 heteroatoms. The molecule has 0 aliphatic carbocycles. The Morgan fingerprint density at radius 2 is 2.10 bits per heavy atom. The van der Waals surface area contributed by atoms with Gasteiger partial charge in [0.1, 0.15) is 11.4 Å². The van der Waals surface area contributed by atoms with E-state index in [1.54, 1.807) is 0 Å². The van der Waals surface area contributed by atoms with Crippen LogP contribution in [0, 0.1) is 5.82 Å². The molecule has 1 heterocycles. The minimum absolute atomic E-state index is 0.0701. The Morgan fingerprint density at radius 3 is 2.71 bits per heavy atom. The van der Waals surface area contributed by atoms with E-state index in [0.717, 1.165) is 10.4 Å². The standard InChI is InChI=1S/C13H18FN3O3S/c1-13(2)12(18)16-6-7-17(13)21(19,20)11-5-3-4-10(14)9(11)8-15/h3-5H,6-8,15H2,1-2H3,(H,16,18). The van der Waals surface area contributed by atoms with Gasteiger partial charge in [0.15, 0.2) is 0 Å². The van der Waals surface area contributed by atoms with Crippen molar-refractivity contribution < 1.29 is 17.6 Å². The highest BCUT2D eigenvalue weighted by Gasteiger charge is 2.45. The first-order valence-corrected chi connectivity index (χ1v) is 7.95. The molecule has 1 aliphatic rings. The van der Waals surface area contributed by atoms with E-state index in [1.165, 1.54) is 26.0 Å². The van der Waals surface area contributed by atoms with Crippen molar-refractivity contribution >= 4 is 15.9 Å². The van der Waals surface area contributed by atoms with E-state index in [4.69, 9.17) is 5.73 Å². The summed E-state index contributed by atoms with van der Waals surface area (Å²) in [5, 5.41) is 2.62. The minimum atomic E-state index is -4.02. The van der Waals surface area contributed by atoms with E-state index in [-0.39, 0.29) is 36.0 Å². The van der Waals surface area contributed by atoms with E-state index in [0.29, 0.717) is 0 Å². The van der Waals surface area contributed by atoms with Crippen LogP contribution in [0.4, 0.5) is 4.39 Å². The zero-order chi connectivity index (χ0) is 15.8. The van der Waals surface area contributed by atoms with Gasteiger partial charge in [0, 0.05) is 25.2 Å². The lowest BCUT2D eigenvalue weighted by Crippen LogP contribution is -2.63. The number of nitrogens with two attached hydrogens (primary N) is 1. The number of benzene rings is 1. The molecular formula is C13H18FN3O3S. The highest BCUT2D eigenvalue weighted by molar-refractivity contribution is 7.89. The van der Waals surface area contributed by atoms with Gasteiger partial charge in [0.2, 0.25) is 15.9 Å². The number of halogens is 1.